The number of allylic oxidation sites excluding steroid dienone is 1. The molecular weight excluding hydrogens is 228 g/mol. The van der Waals surface area contributed by atoms with Crippen LogP contribution in [0.1, 0.15) is 46.0 Å². The number of hydrogen-bond donors (Lipinski definition) is 1. The van der Waals surface area contributed by atoms with E-state index in [0.29, 0.717) is 17.8 Å². The molecule has 2 aliphatic rings. The molecule has 0 heterocycles. The highest BCUT2D eigenvalue weighted by Crippen LogP contribution is 2.50. The summed E-state index contributed by atoms with van der Waals surface area (Å²) in [4.78, 5) is 15.5. The van der Waals surface area contributed by atoms with Crippen molar-refractivity contribution in [2.45, 2.75) is 46.0 Å². The lowest BCUT2D eigenvalue weighted by atomic mass is 9.58. The second kappa shape index (κ2) is 5.43. The van der Waals surface area contributed by atoms with Crippen LogP contribution in [0.3, 0.4) is 0 Å². The van der Waals surface area contributed by atoms with Gasteiger partial charge in [0.05, 0.1) is 5.92 Å². The van der Waals surface area contributed by atoms with E-state index in [1.165, 1.54) is 18.4 Å². The van der Waals surface area contributed by atoms with Crippen molar-refractivity contribution < 1.29 is 14.9 Å². The van der Waals surface area contributed by atoms with Crippen LogP contribution in [0, 0.1) is 29.6 Å². The van der Waals surface area contributed by atoms with Gasteiger partial charge in [0, 0.05) is 0 Å². The topological polar surface area (TPSA) is 46.5 Å². The Bertz CT molecular complexity index is 337. The SMILES string of the molecule is C=C1CCC2C(C)CCC(C(C)C(=O)OO)C2C1. The Labute approximate surface area is 109 Å². The molecule has 5 unspecified atom stereocenters. The fourth-order valence-corrected chi connectivity index (χ4v) is 4.11. The summed E-state index contributed by atoms with van der Waals surface area (Å²) in [6.07, 6.45) is 5.63. The third kappa shape index (κ3) is 2.46. The van der Waals surface area contributed by atoms with E-state index in [4.69, 9.17) is 5.26 Å². The normalized spacial score (nSPS) is 37.8. The van der Waals surface area contributed by atoms with Crippen molar-refractivity contribution in [1.29, 1.82) is 0 Å². The maximum atomic E-state index is 11.6. The smallest absolute Gasteiger partial charge is 0.301 e. The molecule has 0 aliphatic heterocycles. The molecule has 18 heavy (non-hydrogen) atoms. The van der Waals surface area contributed by atoms with Crippen LogP contribution in [0.4, 0.5) is 0 Å². The number of hydrogen-bond acceptors (Lipinski definition) is 3. The summed E-state index contributed by atoms with van der Waals surface area (Å²) in [6.45, 7) is 8.34. The summed E-state index contributed by atoms with van der Waals surface area (Å²) < 4.78 is 0. The van der Waals surface area contributed by atoms with Gasteiger partial charge in [-0.15, -0.1) is 0 Å². The first-order valence-electron chi connectivity index (χ1n) is 7.06. The minimum atomic E-state index is -0.482. The van der Waals surface area contributed by atoms with Crippen molar-refractivity contribution in [3.8, 4) is 0 Å². The molecule has 3 heteroatoms. The van der Waals surface area contributed by atoms with Gasteiger partial charge in [-0.05, 0) is 49.4 Å². The predicted octanol–water partition coefficient (Wildman–Crippen LogP) is 3.66. The lowest BCUT2D eigenvalue weighted by Gasteiger charge is -2.47. The number of carbonyl (C=O) groups excluding carboxylic acids is 1. The molecule has 1 N–H and O–H groups in total. The Hall–Kier alpha value is -0.830. The van der Waals surface area contributed by atoms with E-state index in [1.807, 2.05) is 6.92 Å². The molecule has 2 aliphatic carbocycles. The fraction of sp³-hybridized carbons (Fsp3) is 0.800. The van der Waals surface area contributed by atoms with E-state index < -0.39 is 5.97 Å². The van der Waals surface area contributed by atoms with Crippen molar-refractivity contribution >= 4 is 5.97 Å². The third-order valence-corrected chi connectivity index (χ3v) is 5.25. The highest BCUT2D eigenvalue weighted by Gasteiger charge is 2.43. The Morgan fingerprint density at radius 1 is 1.39 bits per heavy atom. The van der Waals surface area contributed by atoms with Gasteiger partial charge in [-0.2, -0.15) is 5.26 Å². The molecule has 5 atom stereocenters. The first kappa shape index (κ1) is 13.6. The van der Waals surface area contributed by atoms with Crippen LogP contribution in [0.2, 0.25) is 0 Å². The number of carbonyl (C=O) groups is 1. The molecule has 2 saturated carbocycles. The van der Waals surface area contributed by atoms with Crippen molar-refractivity contribution in [2.75, 3.05) is 0 Å². The van der Waals surface area contributed by atoms with Gasteiger partial charge in [-0.25, -0.2) is 4.79 Å². The highest BCUT2D eigenvalue weighted by molar-refractivity contribution is 5.71. The van der Waals surface area contributed by atoms with Crippen LogP contribution >= 0.6 is 0 Å². The van der Waals surface area contributed by atoms with Crippen LogP contribution in [0.15, 0.2) is 12.2 Å². The summed E-state index contributed by atoms with van der Waals surface area (Å²) >= 11 is 0. The zero-order chi connectivity index (χ0) is 13.3. The zero-order valence-electron chi connectivity index (χ0n) is 11.4. The largest absolute Gasteiger partial charge is 0.345 e. The van der Waals surface area contributed by atoms with E-state index in [1.54, 1.807) is 0 Å². The van der Waals surface area contributed by atoms with E-state index >= 15 is 0 Å². The van der Waals surface area contributed by atoms with Crippen molar-refractivity contribution in [2.24, 2.45) is 29.6 Å². The van der Waals surface area contributed by atoms with Crippen LogP contribution in [-0.2, 0) is 9.68 Å². The van der Waals surface area contributed by atoms with Crippen LogP contribution in [-0.4, -0.2) is 11.2 Å². The Kier molecular flexibility index (Phi) is 4.10. The molecule has 102 valence electrons. The van der Waals surface area contributed by atoms with Crippen molar-refractivity contribution in [3.63, 3.8) is 0 Å². The quantitative estimate of drug-likeness (QED) is 0.463. The highest BCUT2D eigenvalue weighted by atomic mass is 17.1. The monoisotopic (exact) mass is 252 g/mol. The minimum Gasteiger partial charge on any atom is -0.301 e. The predicted molar refractivity (Wildman–Crippen MR) is 69.7 cm³/mol. The van der Waals surface area contributed by atoms with Crippen LogP contribution < -0.4 is 0 Å². The van der Waals surface area contributed by atoms with Gasteiger partial charge in [-0.1, -0.05) is 32.4 Å². The van der Waals surface area contributed by atoms with Crippen LogP contribution in [0.25, 0.3) is 0 Å². The molecule has 0 radical (unpaired) electrons. The van der Waals surface area contributed by atoms with Gasteiger partial charge in [0.1, 0.15) is 0 Å². The summed E-state index contributed by atoms with van der Waals surface area (Å²) in [5.74, 6) is 1.65. The molecule has 2 fully saturated rings. The third-order valence-electron chi connectivity index (χ3n) is 5.25. The van der Waals surface area contributed by atoms with E-state index in [-0.39, 0.29) is 5.92 Å². The summed E-state index contributed by atoms with van der Waals surface area (Å²) in [5, 5.41) is 8.57. The molecule has 3 nitrogen and oxygen atoms in total. The first-order valence-corrected chi connectivity index (χ1v) is 7.06. The van der Waals surface area contributed by atoms with Gasteiger partial charge >= 0.3 is 5.97 Å². The van der Waals surface area contributed by atoms with E-state index in [9.17, 15) is 4.79 Å². The molecule has 0 aromatic heterocycles. The average Bonchev–Trinajstić information content (AvgIpc) is 2.37. The molecule has 0 bridgehead atoms. The van der Waals surface area contributed by atoms with E-state index in [0.717, 1.165) is 25.2 Å². The zero-order valence-corrected chi connectivity index (χ0v) is 11.4. The van der Waals surface area contributed by atoms with E-state index in [2.05, 4.69) is 18.4 Å². The maximum absolute atomic E-state index is 11.6. The fourth-order valence-electron chi connectivity index (χ4n) is 4.11. The summed E-state index contributed by atoms with van der Waals surface area (Å²) in [5.41, 5.74) is 1.32. The molecule has 0 aromatic rings. The molecule has 0 aromatic carbocycles. The molecule has 0 saturated heterocycles. The minimum absolute atomic E-state index is 0.208. The summed E-state index contributed by atoms with van der Waals surface area (Å²) in [7, 11) is 0. The number of fused-ring (bicyclic) bond motifs is 1. The standard InChI is InChI=1S/C15H24O3/c1-9-4-6-12-10(2)5-7-13(14(12)8-9)11(3)15(16)18-17/h10-14,17H,1,4-8H2,2-3H3. The Morgan fingerprint density at radius 2 is 2.11 bits per heavy atom. The number of rotatable bonds is 2. The second-order valence-corrected chi connectivity index (χ2v) is 6.24. The Morgan fingerprint density at radius 3 is 2.78 bits per heavy atom. The second-order valence-electron chi connectivity index (χ2n) is 6.24. The van der Waals surface area contributed by atoms with Gasteiger partial charge < -0.3 is 4.89 Å². The van der Waals surface area contributed by atoms with Crippen LogP contribution in [0.5, 0.6) is 0 Å². The Balaban J connectivity index is 2.15. The lowest BCUT2D eigenvalue weighted by molar-refractivity contribution is -0.241. The van der Waals surface area contributed by atoms with Crippen molar-refractivity contribution in [3.05, 3.63) is 12.2 Å². The average molecular weight is 252 g/mol. The lowest BCUT2D eigenvalue weighted by Crippen LogP contribution is -2.41. The van der Waals surface area contributed by atoms with Gasteiger partial charge in [0.2, 0.25) is 0 Å². The maximum Gasteiger partial charge on any atom is 0.345 e. The molecular formula is C15H24O3. The van der Waals surface area contributed by atoms with Gasteiger partial charge in [-0.3, -0.25) is 0 Å². The molecule has 2 rings (SSSR count). The van der Waals surface area contributed by atoms with Crippen molar-refractivity contribution in [1.82, 2.24) is 0 Å². The summed E-state index contributed by atoms with van der Waals surface area (Å²) in [6, 6.07) is 0. The molecule has 0 amide bonds. The first-order chi connectivity index (χ1) is 8.54. The van der Waals surface area contributed by atoms with Gasteiger partial charge in [0.15, 0.2) is 0 Å². The van der Waals surface area contributed by atoms with Gasteiger partial charge in [0.25, 0.3) is 0 Å². The molecule has 0 spiro atoms.